The van der Waals surface area contributed by atoms with Gasteiger partial charge in [-0.2, -0.15) is 0 Å². The number of fused-ring (bicyclic) bond motifs is 1. The first-order valence-electron chi connectivity index (χ1n) is 5.08. The molecule has 2 N–H and O–H groups in total. The molecule has 5 heteroatoms. The molecule has 2 aromatic rings. The summed E-state index contributed by atoms with van der Waals surface area (Å²) in [5, 5.41) is 10.4. The maximum atomic E-state index is 11.8. The van der Waals surface area contributed by atoms with E-state index < -0.39 is 11.5 Å². The topological polar surface area (TPSA) is 73.4 Å². The van der Waals surface area contributed by atoms with E-state index in [9.17, 15) is 14.7 Å². The largest absolute Gasteiger partial charge is 0.506 e. The van der Waals surface area contributed by atoms with Crippen LogP contribution in [-0.2, 0) is 0 Å². The quantitative estimate of drug-likeness (QED) is 0.768. The summed E-state index contributed by atoms with van der Waals surface area (Å²) >= 11 is 0. The highest BCUT2D eigenvalue weighted by Gasteiger charge is 2.20. The van der Waals surface area contributed by atoms with Gasteiger partial charge >= 0.3 is 0 Å². The van der Waals surface area contributed by atoms with Crippen LogP contribution in [0, 0.1) is 0 Å². The summed E-state index contributed by atoms with van der Waals surface area (Å²) in [6, 6.07) is 6.78. The van der Waals surface area contributed by atoms with Gasteiger partial charge in [0.15, 0.2) is 0 Å². The summed E-state index contributed by atoms with van der Waals surface area (Å²) in [5.74, 6) is -0.794. The third-order valence-corrected chi connectivity index (χ3v) is 2.51. The Labute approximate surface area is 97.3 Å². The summed E-state index contributed by atoms with van der Waals surface area (Å²) < 4.78 is 0. The second kappa shape index (κ2) is 3.93. The van der Waals surface area contributed by atoms with Crippen LogP contribution >= 0.6 is 0 Å². The Morgan fingerprint density at radius 2 is 1.94 bits per heavy atom. The Kier molecular flexibility index (Phi) is 2.59. The van der Waals surface area contributed by atoms with Crippen LogP contribution < -0.4 is 5.56 Å². The van der Waals surface area contributed by atoms with Crippen molar-refractivity contribution in [3.8, 4) is 5.75 Å². The number of benzene rings is 1. The van der Waals surface area contributed by atoms with Gasteiger partial charge < -0.3 is 15.0 Å². The van der Waals surface area contributed by atoms with Gasteiger partial charge in [0.1, 0.15) is 11.3 Å². The molecule has 0 spiro atoms. The number of hydrogen-bond donors (Lipinski definition) is 2. The number of carbonyl (C=O) groups excluding carboxylic acids is 1. The van der Waals surface area contributed by atoms with Crippen molar-refractivity contribution in [3.05, 3.63) is 40.2 Å². The zero-order valence-corrected chi connectivity index (χ0v) is 9.52. The minimum Gasteiger partial charge on any atom is -0.506 e. The van der Waals surface area contributed by atoms with Crippen LogP contribution in [0.2, 0.25) is 0 Å². The summed E-state index contributed by atoms with van der Waals surface area (Å²) in [4.78, 5) is 27.3. The van der Waals surface area contributed by atoms with E-state index in [-0.39, 0.29) is 11.3 Å². The van der Waals surface area contributed by atoms with Gasteiger partial charge in [-0.15, -0.1) is 0 Å². The SMILES string of the molecule is CN(C)C(=O)c1c(O)c2ccccc2[nH]c1=O. The van der Waals surface area contributed by atoms with Gasteiger partial charge in [-0.3, -0.25) is 9.59 Å². The predicted octanol–water partition coefficient (Wildman–Crippen LogP) is 0.935. The van der Waals surface area contributed by atoms with Gasteiger partial charge in [0.2, 0.25) is 0 Å². The number of carbonyl (C=O) groups is 1. The fourth-order valence-corrected chi connectivity index (χ4v) is 1.65. The third-order valence-electron chi connectivity index (χ3n) is 2.51. The fraction of sp³-hybridized carbons (Fsp3) is 0.167. The molecule has 17 heavy (non-hydrogen) atoms. The van der Waals surface area contributed by atoms with Crippen molar-refractivity contribution in [2.45, 2.75) is 0 Å². The molecule has 0 saturated carbocycles. The van der Waals surface area contributed by atoms with Gasteiger partial charge in [0, 0.05) is 19.5 Å². The second-order valence-corrected chi connectivity index (χ2v) is 3.92. The summed E-state index contributed by atoms with van der Waals surface area (Å²) in [6.45, 7) is 0. The molecule has 0 aliphatic heterocycles. The summed E-state index contributed by atoms with van der Waals surface area (Å²) in [7, 11) is 3.05. The number of nitrogens with one attached hydrogen (secondary N) is 1. The molecule has 0 bridgehead atoms. The number of para-hydroxylation sites is 1. The van der Waals surface area contributed by atoms with Crippen molar-refractivity contribution in [1.29, 1.82) is 0 Å². The Hall–Kier alpha value is -2.30. The molecule has 0 saturated heterocycles. The average Bonchev–Trinajstić information content (AvgIpc) is 2.28. The number of pyridine rings is 1. The molecular formula is C12H12N2O3. The highest BCUT2D eigenvalue weighted by molar-refractivity contribution is 6.01. The molecule has 1 aromatic carbocycles. The molecule has 5 nitrogen and oxygen atoms in total. The van der Waals surface area contributed by atoms with Crippen molar-refractivity contribution < 1.29 is 9.90 Å². The molecule has 0 aliphatic carbocycles. The van der Waals surface area contributed by atoms with Crippen LogP contribution in [0.4, 0.5) is 0 Å². The van der Waals surface area contributed by atoms with E-state index in [1.165, 1.54) is 19.0 Å². The van der Waals surface area contributed by atoms with Crippen molar-refractivity contribution in [2.75, 3.05) is 14.1 Å². The van der Waals surface area contributed by atoms with E-state index in [0.29, 0.717) is 10.9 Å². The van der Waals surface area contributed by atoms with Crippen molar-refractivity contribution >= 4 is 16.8 Å². The molecule has 0 unspecified atom stereocenters. The first-order chi connectivity index (χ1) is 8.02. The molecule has 1 heterocycles. The summed E-state index contributed by atoms with van der Waals surface area (Å²) in [5.41, 5.74) is -0.307. The van der Waals surface area contributed by atoms with E-state index in [0.717, 1.165) is 0 Å². The molecule has 2 rings (SSSR count). The number of H-pyrrole nitrogens is 1. The van der Waals surface area contributed by atoms with Gasteiger partial charge in [-0.05, 0) is 12.1 Å². The van der Waals surface area contributed by atoms with E-state index in [4.69, 9.17) is 0 Å². The van der Waals surface area contributed by atoms with Crippen molar-refractivity contribution in [1.82, 2.24) is 9.88 Å². The van der Waals surface area contributed by atoms with E-state index in [1.807, 2.05) is 0 Å². The zero-order chi connectivity index (χ0) is 12.6. The van der Waals surface area contributed by atoms with E-state index in [1.54, 1.807) is 24.3 Å². The average molecular weight is 232 g/mol. The standard InChI is InChI=1S/C12H12N2O3/c1-14(2)12(17)9-10(15)7-5-3-4-6-8(7)13-11(9)16/h3-6H,1-2H3,(H2,13,15,16). The maximum Gasteiger partial charge on any atom is 0.265 e. The van der Waals surface area contributed by atoms with Gasteiger partial charge in [0.25, 0.3) is 11.5 Å². The van der Waals surface area contributed by atoms with Crippen LogP contribution in [0.1, 0.15) is 10.4 Å². The van der Waals surface area contributed by atoms with E-state index >= 15 is 0 Å². The lowest BCUT2D eigenvalue weighted by atomic mass is 10.1. The minimum atomic E-state index is -0.583. The van der Waals surface area contributed by atoms with Gasteiger partial charge in [0.05, 0.1) is 5.52 Å². The molecule has 0 radical (unpaired) electrons. The van der Waals surface area contributed by atoms with Gasteiger partial charge in [-0.1, -0.05) is 12.1 Å². The molecule has 0 atom stereocenters. The molecule has 1 aromatic heterocycles. The van der Waals surface area contributed by atoms with Crippen LogP contribution in [-0.4, -0.2) is 35.0 Å². The number of nitrogens with zero attached hydrogens (tertiary/aromatic N) is 1. The van der Waals surface area contributed by atoms with E-state index in [2.05, 4.69) is 4.98 Å². The third kappa shape index (κ3) is 1.75. The van der Waals surface area contributed by atoms with Crippen LogP contribution in [0.15, 0.2) is 29.1 Å². The predicted molar refractivity (Wildman–Crippen MR) is 64.3 cm³/mol. The summed E-state index contributed by atoms with van der Waals surface area (Å²) in [6.07, 6.45) is 0. The normalized spacial score (nSPS) is 10.5. The molecular weight excluding hydrogens is 220 g/mol. The highest BCUT2D eigenvalue weighted by Crippen LogP contribution is 2.24. The van der Waals surface area contributed by atoms with Crippen molar-refractivity contribution in [2.24, 2.45) is 0 Å². The molecule has 88 valence electrons. The highest BCUT2D eigenvalue weighted by atomic mass is 16.3. The van der Waals surface area contributed by atoms with Gasteiger partial charge in [-0.25, -0.2) is 0 Å². The Morgan fingerprint density at radius 3 is 2.59 bits per heavy atom. The Bertz CT molecular complexity index is 644. The number of amides is 1. The smallest absolute Gasteiger partial charge is 0.265 e. The van der Waals surface area contributed by atoms with Crippen LogP contribution in [0.5, 0.6) is 5.75 Å². The second-order valence-electron chi connectivity index (χ2n) is 3.92. The van der Waals surface area contributed by atoms with Crippen LogP contribution in [0.3, 0.4) is 0 Å². The number of rotatable bonds is 1. The lowest BCUT2D eigenvalue weighted by molar-refractivity contribution is 0.0823. The zero-order valence-electron chi connectivity index (χ0n) is 9.52. The first kappa shape index (κ1) is 11.2. The molecule has 0 aliphatic rings. The number of hydrogen-bond acceptors (Lipinski definition) is 3. The number of aromatic nitrogens is 1. The molecule has 1 amide bonds. The maximum absolute atomic E-state index is 11.8. The minimum absolute atomic E-state index is 0.228. The lowest BCUT2D eigenvalue weighted by Gasteiger charge is -2.11. The van der Waals surface area contributed by atoms with Crippen molar-refractivity contribution in [3.63, 3.8) is 0 Å². The lowest BCUT2D eigenvalue weighted by Crippen LogP contribution is -2.28. The fourth-order valence-electron chi connectivity index (χ4n) is 1.65. The number of aromatic hydroxyl groups is 1. The molecule has 0 fully saturated rings. The Morgan fingerprint density at radius 1 is 1.29 bits per heavy atom. The Balaban J connectivity index is 2.81. The monoisotopic (exact) mass is 232 g/mol. The van der Waals surface area contributed by atoms with Crippen LogP contribution in [0.25, 0.3) is 10.9 Å². The number of aromatic amines is 1. The first-order valence-corrected chi connectivity index (χ1v) is 5.08.